The Hall–Kier alpha value is -3.39. The van der Waals surface area contributed by atoms with Gasteiger partial charge in [-0.25, -0.2) is 14.8 Å². The standard InChI is InChI=1S/C21H20N4O4/c22-19-17(21(26)29-12-14-6-4-10-28-14)18-20(25(19)11-13-5-3-9-27-13)24-16-8-2-1-7-15(16)23-18/h1-3,5,7-9,14H,4,6,10-12,22H2/t14-/m0/s1. The molecule has 1 atom stereocenters. The molecule has 1 aromatic carbocycles. The molecule has 5 rings (SSSR count). The van der Waals surface area contributed by atoms with Gasteiger partial charge in [-0.1, -0.05) is 12.1 Å². The van der Waals surface area contributed by atoms with Gasteiger partial charge >= 0.3 is 5.97 Å². The van der Waals surface area contributed by atoms with Crippen LogP contribution in [0.25, 0.3) is 22.2 Å². The molecule has 29 heavy (non-hydrogen) atoms. The minimum absolute atomic E-state index is 0.0662. The summed E-state index contributed by atoms with van der Waals surface area (Å²) < 4.78 is 18.2. The van der Waals surface area contributed by atoms with Crippen LogP contribution in [0.3, 0.4) is 0 Å². The second-order valence-electron chi connectivity index (χ2n) is 7.04. The van der Waals surface area contributed by atoms with Crippen LogP contribution in [0.4, 0.5) is 5.82 Å². The van der Waals surface area contributed by atoms with E-state index >= 15 is 0 Å². The van der Waals surface area contributed by atoms with Crippen LogP contribution >= 0.6 is 0 Å². The average Bonchev–Trinajstić information content (AvgIpc) is 3.48. The Kier molecular flexibility index (Phi) is 4.40. The van der Waals surface area contributed by atoms with Crippen molar-refractivity contribution in [2.24, 2.45) is 0 Å². The number of carbonyl (C=O) groups excluding carboxylic acids is 1. The van der Waals surface area contributed by atoms with Crippen molar-refractivity contribution in [3.05, 3.63) is 54.0 Å². The van der Waals surface area contributed by atoms with Gasteiger partial charge in [-0.3, -0.25) is 0 Å². The summed E-state index contributed by atoms with van der Waals surface area (Å²) in [5.41, 5.74) is 8.95. The van der Waals surface area contributed by atoms with E-state index in [1.165, 1.54) is 0 Å². The van der Waals surface area contributed by atoms with Crippen LogP contribution < -0.4 is 5.73 Å². The third-order valence-corrected chi connectivity index (χ3v) is 5.11. The molecule has 1 saturated heterocycles. The normalized spacial score (nSPS) is 16.6. The number of aromatic nitrogens is 3. The van der Waals surface area contributed by atoms with Crippen LogP contribution in [0.1, 0.15) is 29.0 Å². The quantitative estimate of drug-likeness (QED) is 0.520. The predicted molar refractivity (Wildman–Crippen MR) is 107 cm³/mol. The number of nitrogens with two attached hydrogens (primary N) is 1. The zero-order valence-electron chi connectivity index (χ0n) is 15.7. The van der Waals surface area contributed by atoms with Gasteiger partial charge in [0, 0.05) is 6.61 Å². The number of nitrogens with zero attached hydrogens (tertiary/aromatic N) is 3. The minimum Gasteiger partial charge on any atom is -0.467 e. The fraction of sp³-hybridized carbons (Fsp3) is 0.286. The van der Waals surface area contributed by atoms with E-state index in [-0.39, 0.29) is 24.1 Å². The Morgan fingerprint density at radius 1 is 1.21 bits per heavy atom. The molecular weight excluding hydrogens is 372 g/mol. The molecule has 0 amide bonds. The molecule has 3 aromatic heterocycles. The Morgan fingerprint density at radius 2 is 2.03 bits per heavy atom. The van der Waals surface area contributed by atoms with Crippen LogP contribution in [0.15, 0.2) is 47.1 Å². The smallest absolute Gasteiger partial charge is 0.344 e. The van der Waals surface area contributed by atoms with Crippen molar-refractivity contribution in [3.8, 4) is 0 Å². The van der Waals surface area contributed by atoms with E-state index in [2.05, 4.69) is 4.98 Å². The van der Waals surface area contributed by atoms with E-state index in [0.717, 1.165) is 18.4 Å². The number of para-hydroxylation sites is 2. The number of nitrogen functional groups attached to an aromatic ring is 1. The molecule has 0 bridgehead atoms. The maximum absolute atomic E-state index is 12.9. The molecule has 1 aliphatic heterocycles. The zero-order valence-corrected chi connectivity index (χ0v) is 15.7. The first-order valence-electron chi connectivity index (χ1n) is 9.56. The summed E-state index contributed by atoms with van der Waals surface area (Å²) >= 11 is 0. The minimum atomic E-state index is -0.522. The molecule has 0 aliphatic carbocycles. The Morgan fingerprint density at radius 3 is 2.76 bits per heavy atom. The average molecular weight is 392 g/mol. The van der Waals surface area contributed by atoms with E-state index in [4.69, 9.17) is 24.6 Å². The lowest BCUT2D eigenvalue weighted by Crippen LogP contribution is -2.18. The largest absolute Gasteiger partial charge is 0.467 e. The van der Waals surface area contributed by atoms with Crippen LogP contribution in [0.5, 0.6) is 0 Å². The number of anilines is 1. The van der Waals surface area contributed by atoms with Gasteiger partial charge in [0.1, 0.15) is 29.3 Å². The highest BCUT2D eigenvalue weighted by molar-refractivity contribution is 6.08. The molecule has 148 valence electrons. The summed E-state index contributed by atoms with van der Waals surface area (Å²) in [5.74, 6) is 0.428. The monoisotopic (exact) mass is 392 g/mol. The number of esters is 1. The first-order valence-corrected chi connectivity index (χ1v) is 9.56. The third-order valence-electron chi connectivity index (χ3n) is 5.11. The van der Waals surface area contributed by atoms with Gasteiger partial charge in [-0.05, 0) is 37.1 Å². The maximum atomic E-state index is 12.9. The van der Waals surface area contributed by atoms with E-state index in [9.17, 15) is 4.79 Å². The first kappa shape index (κ1) is 17.7. The summed E-state index contributed by atoms with van der Waals surface area (Å²) in [4.78, 5) is 22.3. The molecule has 1 aliphatic rings. The summed E-state index contributed by atoms with van der Waals surface area (Å²) in [6.45, 7) is 1.23. The number of hydrogen-bond acceptors (Lipinski definition) is 7. The summed E-state index contributed by atoms with van der Waals surface area (Å²) in [6, 6.07) is 11.1. The van der Waals surface area contributed by atoms with E-state index in [0.29, 0.717) is 35.6 Å². The molecule has 1 fully saturated rings. The SMILES string of the molecule is Nc1c(C(=O)OC[C@@H]2CCCO2)c2nc3ccccc3nc2n1Cc1ccco1. The van der Waals surface area contributed by atoms with Crippen LogP contribution in [-0.4, -0.2) is 39.8 Å². The van der Waals surface area contributed by atoms with Gasteiger partial charge in [0.25, 0.3) is 0 Å². The molecule has 0 radical (unpaired) electrons. The third kappa shape index (κ3) is 3.21. The van der Waals surface area contributed by atoms with E-state index < -0.39 is 5.97 Å². The number of carbonyl (C=O) groups is 1. The van der Waals surface area contributed by atoms with Crippen LogP contribution in [0, 0.1) is 0 Å². The Bertz CT molecular complexity index is 1180. The molecule has 0 spiro atoms. The van der Waals surface area contributed by atoms with Gasteiger partial charge in [-0.2, -0.15) is 0 Å². The van der Waals surface area contributed by atoms with E-state index in [1.807, 2.05) is 30.3 Å². The summed E-state index contributed by atoms with van der Waals surface area (Å²) in [7, 11) is 0. The zero-order chi connectivity index (χ0) is 19.8. The van der Waals surface area contributed by atoms with Crippen LogP contribution in [0.2, 0.25) is 0 Å². The number of ether oxygens (including phenoxy) is 2. The van der Waals surface area contributed by atoms with Gasteiger partial charge in [0.15, 0.2) is 5.65 Å². The van der Waals surface area contributed by atoms with Crippen molar-refractivity contribution in [1.82, 2.24) is 14.5 Å². The van der Waals surface area contributed by atoms with Gasteiger partial charge in [0.05, 0.1) is 29.9 Å². The second kappa shape index (κ2) is 7.21. The highest BCUT2D eigenvalue weighted by atomic mass is 16.6. The lowest BCUT2D eigenvalue weighted by atomic mass is 10.2. The van der Waals surface area contributed by atoms with Gasteiger partial charge in [-0.15, -0.1) is 0 Å². The highest BCUT2D eigenvalue weighted by Gasteiger charge is 2.27. The fourth-order valence-electron chi connectivity index (χ4n) is 3.65. The Labute approximate surface area is 166 Å². The summed E-state index contributed by atoms with van der Waals surface area (Å²) in [6.07, 6.45) is 3.39. The second-order valence-corrected chi connectivity index (χ2v) is 7.04. The van der Waals surface area contributed by atoms with Crippen molar-refractivity contribution in [1.29, 1.82) is 0 Å². The van der Waals surface area contributed by atoms with E-state index in [1.54, 1.807) is 16.9 Å². The molecule has 4 heterocycles. The van der Waals surface area contributed by atoms with Gasteiger partial charge in [0.2, 0.25) is 0 Å². The molecular formula is C21H20N4O4. The lowest BCUT2D eigenvalue weighted by Gasteiger charge is -2.10. The molecule has 0 unspecified atom stereocenters. The van der Waals surface area contributed by atoms with Crippen LogP contribution in [-0.2, 0) is 16.0 Å². The predicted octanol–water partition coefficient (Wildman–Crippen LogP) is 3.14. The number of fused-ring (bicyclic) bond motifs is 2. The Balaban J connectivity index is 1.60. The summed E-state index contributed by atoms with van der Waals surface area (Å²) in [5, 5.41) is 0. The van der Waals surface area contributed by atoms with Crippen molar-refractivity contribution < 1.29 is 18.7 Å². The lowest BCUT2D eigenvalue weighted by molar-refractivity contribution is 0.0163. The van der Waals surface area contributed by atoms with Crippen molar-refractivity contribution in [2.75, 3.05) is 18.9 Å². The van der Waals surface area contributed by atoms with Crippen molar-refractivity contribution >= 4 is 34.0 Å². The first-order chi connectivity index (χ1) is 14.2. The van der Waals surface area contributed by atoms with Crippen molar-refractivity contribution in [3.63, 3.8) is 0 Å². The number of rotatable bonds is 5. The highest BCUT2D eigenvalue weighted by Crippen LogP contribution is 2.29. The number of hydrogen-bond donors (Lipinski definition) is 1. The number of benzene rings is 1. The molecule has 0 saturated carbocycles. The molecule has 8 heteroatoms. The molecule has 2 N–H and O–H groups in total. The molecule has 8 nitrogen and oxygen atoms in total. The number of furan rings is 1. The topological polar surface area (TPSA) is 105 Å². The van der Waals surface area contributed by atoms with Crippen molar-refractivity contribution in [2.45, 2.75) is 25.5 Å². The fourth-order valence-corrected chi connectivity index (χ4v) is 3.65. The maximum Gasteiger partial charge on any atom is 0.344 e. The molecule has 4 aromatic rings. The van der Waals surface area contributed by atoms with Gasteiger partial charge < -0.3 is 24.2 Å².